The van der Waals surface area contributed by atoms with Gasteiger partial charge in [0.05, 0.1) is 18.6 Å². The van der Waals surface area contributed by atoms with E-state index in [0.29, 0.717) is 21.2 Å². The second-order valence-electron chi connectivity index (χ2n) is 8.16. The van der Waals surface area contributed by atoms with E-state index in [1.165, 1.54) is 11.3 Å². The summed E-state index contributed by atoms with van der Waals surface area (Å²) in [4.78, 5) is 27.3. The maximum Gasteiger partial charge on any atom is 0.257 e. The average molecular weight is 547 g/mol. The number of aryl methyl sites for hydroxylation is 1. The van der Waals surface area contributed by atoms with Crippen LogP contribution < -0.4 is 15.5 Å². The van der Waals surface area contributed by atoms with Crippen molar-refractivity contribution in [1.29, 1.82) is 0 Å². The number of benzene rings is 2. The Morgan fingerprint density at radius 2 is 1.75 bits per heavy atom. The Morgan fingerprint density at radius 3 is 2.44 bits per heavy atom. The molecule has 0 bridgehead atoms. The summed E-state index contributed by atoms with van der Waals surface area (Å²) in [7, 11) is 1.79. The minimum atomic E-state index is -0.822. The fraction of sp³-hybridized carbons (Fsp3) is 0.231. The summed E-state index contributed by atoms with van der Waals surface area (Å²) in [6.45, 7) is 0.637. The Labute approximate surface area is 221 Å². The van der Waals surface area contributed by atoms with Gasteiger partial charge >= 0.3 is 0 Å². The van der Waals surface area contributed by atoms with Crippen molar-refractivity contribution in [1.82, 2.24) is 9.88 Å². The van der Waals surface area contributed by atoms with Crippen molar-refractivity contribution >= 4 is 50.7 Å². The van der Waals surface area contributed by atoms with Crippen LogP contribution in [0.2, 0.25) is 10.0 Å². The van der Waals surface area contributed by atoms with Gasteiger partial charge in [-0.25, -0.2) is 0 Å². The van der Waals surface area contributed by atoms with Crippen LogP contribution >= 0.6 is 34.5 Å². The fourth-order valence-corrected chi connectivity index (χ4v) is 4.77. The number of rotatable bonds is 10. The Kier molecular flexibility index (Phi) is 8.66. The summed E-state index contributed by atoms with van der Waals surface area (Å²) in [5, 5.41) is 14.6. The number of amides is 1. The second kappa shape index (κ2) is 11.9. The number of thiophene rings is 1. The van der Waals surface area contributed by atoms with Crippen LogP contribution in [0, 0.1) is 0 Å². The van der Waals surface area contributed by atoms with Crippen molar-refractivity contribution < 1.29 is 19.4 Å². The first-order valence-corrected chi connectivity index (χ1v) is 12.7. The van der Waals surface area contributed by atoms with Gasteiger partial charge in [0, 0.05) is 34.7 Å². The molecule has 188 valence electrons. The van der Waals surface area contributed by atoms with Gasteiger partial charge in [0.15, 0.2) is 0 Å². The molecule has 0 spiro atoms. The zero-order valence-corrected chi connectivity index (χ0v) is 21.7. The van der Waals surface area contributed by atoms with Crippen LogP contribution in [0.4, 0.5) is 0 Å². The minimum absolute atomic E-state index is 0.0660. The molecule has 0 fully saturated rings. The third-order valence-corrected chi connectivity index (χ3v) is 7.02. The number of ether oxygens (including phenoxy) is 2. The molecule has 0 saturated heterocycles. The van der Waals surface area contributed by atoms with E-state index in [0.717, 1.165) is 15.3 Å². The number of carbonyl (C=O) groups excluding carboxylic acids is 1. The summed E-state index contributed by atoms with van der Waals surface area (Å²) in [6.07, 6.45) is 0.720. The molecular formula is C26H24Cl2N2O5S. The SMILES string of the molecule is Cn1cc(C(=O)NCc2ccc(Cl)cc2)c(=O)c2cc(COC[C@@H](O)COc3ccc(Cl)cc3)sc21. The molecule has 0 unspecified atom stereocenters. The van der Waals surface area contributed by atoms with Crippen LogP contribution in [-0.2, 0) is 24.9 Å². The predicted molar refractivity (Wildman–Crippen MR) is 142 cm³/mol. The summed E-state index contributed by atoms with van der Waals surface area (Å²) in [6, 6.07) is 15.7. The second-order valence-corrected chi connectivity index (χ2v) is 10.1. The third kappa shape index (κ3) is 6.66. The smallest absolute Gasteiger partial charge is 0.257 e. The summed E-state index contributed by atoms with van der Waals surface area (Å²) >= 11 is 13.1. The lowest BCUT2D eigenvalue weighted by atomic mass is 10.2. The number of hydrogen-bond donors (Lipinski definition) is 2. The number of aliphatic hydroxyl groups excluding tert-OH is 1. The zero-order chi connectivity index (χ0) is 25.7. The van der Waals surface area contributed by atoms with Gasteiger partial charge in [-0.1, -0.05) is 35.3 Å². The topological polar surface area (TPSA) is 89.8 Å². The van der Waals surface area contributed by atoms with Crippen molar-refractivity contribution in [2.24, 2.45) is 7.05 Å². The van der Waals surface area contributed by atoms with Crippen molar-refractivity contribution in [2.45, 2.75) is 19.3 Å². The number of halogens is 2. The number of fused-ring (bicyclic) bond motifs is 1. The van der Waals surface area contributed by atoms with E-state index in [1.807, 2.05) is 12.1 Å². The molecule has 2 aromatic heterocycles. The molecule has 7 nitrogen and oxygen atoms in total. The van der Waals surface area contributed by atoms with Gasteiger partial charge in [0.1, 0.15) is 28.9 Å². The van der Waals surface area contributed by atoms with E-state index in [9.17, 15) is 14.7 Å². The molecule has 0 aliphatic rings. The van der Waals surface area contributed by atoms with Crippen LogP contribution in [0.15, 0.2) is 65.6 Å². The molecule has 0 saturated carbocycles. The molecule has 0 aliphatic heterocycles. The van der Waals surface area contributed by atoms with Gasteiger partial charge in [0.2, 0.25) is 5.43 Å². The molecule has 0 radical (unpaired) electrons. The lowest BCUT2D eigenvalue weighted by molar-refractivity contribution is 0.00627. The molecule has 0 aliphatic carbocycles. The monoisotopic (exact) mass is 546 g/mol. The molecule has 10 heteroatoms. The highest BCUT2D eigenvalue weighted by atomic mass is 35.5. The number of carbonyl (C=O) groups is 1. The molecule has 2 aromatic carbocycles. The number of aliphatic hydroxyl groups is 1. The van der Waals surface area contributed by atoms with Crippen molar-refractivity contribution in [3.8, 4) is 5.75 Å². The molecule has 1 atom stereocenters. The molecule has 2 heterocycles. The lowest BCUT2D eigenvalue weighted by Crippen LogP contribution is -2.29. The van der Waals surface area contributed by atoms with Gasteiger partial charge in [-0.3, -0.25) is 9.59 Å². The first kappa shape index (κ1) is 26.2. The molecule has 4 rings (SSSR count). The van der Waals surface area contributed by atoms with Crippen LogP contribution in [0.5, 0.6) is 5.75 Å². The number of pyridine rings is 1. The van der Waals surface area contributed by atoms with Gasteiger partial charge < -0.3 is 24.5 Å². The maximum atomic E-state index is 13.0. The first-order valence-electron chi connectivity index (χ1n) is 11.1. The van der Waals surface area contributed by atoms with E-state index in [4.69, 9.17) is 32.7 Å². The number of aromatic nitrogens is 1. The van der Waals surface area contributed by atoms with Gasteiger partial charge in [0.25, 0.3) is 5.91 Å². The van der Waals surface area contributed by atoms with Crippen LogP contribution in [0.25, 0.3) is 10.2 Å². The summed E-state index contributed by atoms with van der Waals surface area (Å²) < 4.78 is 12.9. The average Bonchev–Trinajstić information content (AvgIpc) is 3.30. The minimum Gasteiger partial charge on any atom is -0.491 e. The summed E-state index contributed by atoms with van der Waals surface area (Å²) in [5.74, 6) is 0.159. The third-order valence-electron chi connectivity index (χ3n) is 5.32. The molecule has 2 N–H and O–H groups in total. The van der Waals surface area contributed by atoms with E-state index in [2.05, 4.69) is 5.32 Å². The van der Waals surface area contributed by atoms with Crippen LogP contribution in [0.1, 0.15) is 20.8 Å². The fourth-order valence-electron chi connectivity index (χ4n) is 3.49. The van der Waals surface area contributed by atoms with Gasteiger partial charge in [-0.2, -0.15) is 0 Å². The van der Waals surface area contributed by atoms with Crippen LogP contribution in [0.3, 0.4) is 0 Å². The van der Waals surface area contributed by atoms with Crippen molar-refractivity contribution in [2.75, 3.05) is 13.2 Å². The van der Waals surface area contributed by atoms with E-state index < -0.39 is 12.0 Å². The quantitative estimate of drug-likeness (QED) is 0.298. The van der Waals surface area contributed by atoms with E-state index >= 15 is 0 Å². The molecule has 1 amide bonds. The lowest BCUT2D eigenvalue weighted by Gasteiger charge is -2.12. The summed E-state index contributed by atoms with van der Waals surface area (Å²) in [5.41, 5.74) is 0.607. The number of hydrogen-bond acceptors (Lipinski definition) is 6. The Morgan fingerprint density at radius 1 is 1.08 bits per heavy atom. The highest BCUT2D eigenvalue weighted by Gasteiger charge is 2.17. The first-order chi connectivity index (χ1) is 17.3. The van der Waals surface area contributed by atoms with Crippen LogP contribution in [-0.4, -0.2) is 34.9 Å². The Balaban J connectivity index is 1.35. The van der Waals surface area contributed by atoms with Gasteiger partial charge in [-0.05, 0) is 48.0 Å². The van der Waals surface area contributed by atoms with Crippen molar-refractivity contribution in [3.63, 3.8) is 0 Å². The highest BCUT2D eigenvalue weighted by molar-refractivity contribution is 7.18. The molecule has 4 aromatic rings. The Hall–Kier alpha value is -2.88. The number of nitrogens with zero attached hydrogens (tertiary/aromatic N) is 1. The van der Waals surface area contributed by atoms with E-state index in [-0.39, 0.29) is 37.4 Å². The van der Waals surface area contributed by atoms with Crippen molar-refractivity contribution in [3.05, 3.63) is 97.1 Å². The molecule has 36 heavy (non-hydrogen) atoms. The predicted octanol–water partition coefficient (Wildman–Crippen LogP) is 4.79. The largest absolute Gasteiger partial charge is 0.491 e. The Bertz CT molecular complexity index is 1400. The normalized spacial score (nSPS) is 12.0. The molecular weight excluding hydrogens is 523 g/mol. The van der Waals surface area contributed by atoms with E-state index in [1.54, 1.807) is 60.3 Å². The zero-order valence-electron chi connectivity index (χ0n) is 19.4. The van der Waals surface area contributed by atoms with Gasteiger partial charge in [-0.15, -0.1) is 11.3 Å². The maximum absolute atomic E-state index is 13.0. The highest BCUT2D eigenvalue weighted by Crippen LogP contribution is 2.24. The number of nitrogens with one attached hydrogen (secondary N) is 1. The standard InChI is InChI=1S/C26H24Cl2N2O5S/c1-30-12-23(25(33)29-11-16-2-4-17(27)5-3-16)24(32)22-10-21(36-26(22)30)15-34-13-19(31)14-35-20-8-6-18(28)7-9-20/h2-10,12,19,31H,11,13-15H2,1H3,(H,29,33)/t19-/m1/s1.